The van der Waals surface area contributed by atoms with E-state index in [1.54, 1.807) is 12.4 Å². The number of nitrogens with two attached hydrogens (primary N) is 1. The average Bonchev–Trinajstić information content (AvgIpc) is 2.35. The van der Waals surface area contributed by atoms with Crippen molar-refractivity contribution in [3.05, 3.63) is 58.9 Å². The highest BCUT2D eigenvalue weighted by Gasteiger charge is 2.10. The summed E-state index contributed by atoms with van der Waals surface area (Å²) in [6.45, 7) is 0. The molecule has 0 aliphatic heterocycles. The molecule has 1 aromatic carbocycles. The summed E-state index contributed by atoms with van der Waals surface area (Å²) in [6.07, 6.45) is 5.17. The van der Waals surface area contributed by atoms with Crippen LogP contribution in [0.15, 0.2) is 36.9 Å². The lowest BCUT2D eigenvalue weighted by Crippen LogP contribution is -2.14. The molecule has 0 saturated carbocycles. The van der Waals surface area contributed by atoms with Crippen LogP contribution >= 0.6 is 11.6 Å². The quantitative estimate of drug-likeness (QED) is 0.912. The van der Waals surface area contributed by atoms with E-state index in [0.29, 0.717) is 17.0 Å². The van der Waals surface area contributed by atoms with Crippen molar-refractivity contribution in [3.8, 4) is 0 Å². The maximum absolute atomic E-state index is 13.1. The SMILES string of the molecule is NC(Cc1cc(F)ccc1Cl)c1cncnc1. The number of benzene rings is 1. The van der Waals surface area contributed by atoms with Crippen LogP contribution in [0.4, 0.5) is 4.39 Å². The molecule has 5 heteroatoms. The highest BCUT2D eigenvalue weighted by atomic mass is 35.5. The molecule has 0 saturated heterocycles. The minimum absolute atomic E-state index is 0.296. The smallest absolute Gasteiger partial charge is 0.123 e. The average molecular weight is 252 g/mol. The number of hydrogen-bond donors (Lipinski definition) is 1. The van der Waals surface area contributed by atoms with Crippen LogP contribution < -0.4 is 5.73 Å². The summed E-state index contributed by atoms with van der Waals surface area (Å²) < 4.78 is 13.1. The highest BCUT2D eigenvalue weighted by molar-refractivity contribution is 6.31. The normalized spacial score (nSPS) is 12.4. The first-order chi connectivity index (χ1) is 8.16. The topological polar surface area (TPSA) is 51.8 Å². The molecule has 2 rings (SSSR count). The largest absolute Gasteiger partial charge is 0.324 e. The Hall–Kier alpha value is -1.52. The van der Waals surface area contributed by atoms with Gasteiger partial charge in [0.25, 0.3) is 0 Å². The second-order valence-electron chi connectivity index (χ2n) is 3.72. The summed E-state index contributed by atoms with van der Waals surface area (Å²) in [5.41, 5.74) is 7.47. The molecular weight excluding hydrogens is 241 g/mol. The summed E-state index contributed by atoms with van der Waals surface area (Å²) in [7, 11) is 0. The zero-order valence-corrected chi connectivity index (χ0v) is 9.73. The van der Waals surface area contributed by atoms with Gasteiger partial charge in [0.05, 0.1) is 0 Å². The molecule has 0 fully saturated rings. The van der Waals surface area contributed by atoms with Crippen LogP contribution in [0.25, 0.3) is 0 Å². The van der Waals surface area contributed by atoms with Crippen molar-refractivity contribution < 1.29 is 4.39 Å². The van der Waals surface area contributed by atoms with Crippen LogP contribution in [0.3, 0.4) is 0 Å². The van der Waals surface area contributed by atoms with Gasteiger partial charge >= 0.3 is 0 Å². The van der Waals surface area contributed by atoms with E-state index in [0.717, 1.165) is 5.56 Å². The lowest BCUT2D eigenvalue weighted by Gasteiger charge is -2.12. The summed E-state index contributed by atoms with van der Waals surface area (Å²) in [4.78, 5) is 7.78. The number of aromatic nitrogens is 2. The Bertz CT molecular complexity index is 504. The number of halogens is 2. The third-order valence-corrected chi connectivity index (χ3v) is 2.83. The molecule has 2 N–H and O–H groups in total. The van der Waals surface area contributed by atoms with Crippen LogP contribution in [0.2, 0.25) is 5.02 Å². The van der Waals surface area contributed by atoms with Crippen LogP contribution in [0.1, 0.15) is 17.2 Å². The third kappa shape index (κ3) is 2.99. The fourth-order valence-electron chi connectivity index (χ4n) is 1.56. The van der Waals surface area contributed by atoms with Crippen LogP contribution in [0, 0.1) is 5.82 Å². The molecule has 0 spiro atoms. The van der Waals surface area contributed by atoms with E-state index in [1.807, 2.05) is 0 Å². The van der Waals surface area contributed by atoms with Crippen LogP contribution in [-0.4, -0.2) is 9.97 Å². The van der Waals surface area contributed by atoms with E-state index in [9.17, 15) is 4.39 Å². The second kappa shape index (κ2) is 5.21. The predicted molar refractivity (Wildman–Crippen MR) is 64.1 cm³/mol. The number of hydrogen-bond acceptors (Lipinski definition) is 3. The zero-order valence-electron chi connectivity index (χ0n) is 8.98. The first-order valence-electron chi connectivity index (χ1n) is 5.11. The lowest BCUT2D eigenvalue weighted by molar-refractivity contribution is 0.621. The number of rotatable bonds is 3. The Morgan fingerprint density at radius 2 is 2.00 bits per heavy atom. The second-order valence-corrected chi connectivity index (χ2v) is 4.13. The first-order valence-corrected chi connectivity index (χ1v) is 5.49. The molecule has 0 aliphatic rings. The minimum Gasteiger partial charge on any atom is -0.324 e. The molecule has 1 aromatic heterocycles. The monoisotopic (exact) mass is 251 g/mol. The summed E-state index contributed by atoms with van der Waals surface area (Å²) in [5, 5.41) is 0.513. The molecule has 0 amide bonds. The van der Waals surface area contributed by atoms with Gasteiger partial charge in [-0.25, -0.2) is 14.4 Å². The van der Waals surface area contributed by atoms with Crippen molar-refractivity contribution >= 4 is 11.6 Å². The Balaban J connectivity index is 2.18. The van der Waals surface area contributed by atoms with Gasteiger partial charge in [-0.2, -0.15) is 0 Å². The fourth-order valence-corrected chi connectivity index (χ4v) is 1.75. The van der Waals surface area contributed by atoms with Crippen LogP contribution in [-0.2, 0) is 6.42 Å². The van der Waals surface area contributed by atoms with E-state index in [-0.39, 0.29) is 11.9 Å². The lowest BCUT2D eigenvalue weighted by atomic mass is 10.0. The third-order valence-electron chi connectivity index (χ3n) is 2.46. The summed E-state index contributed by atoms with van der Waals surface area (Å²) >= 11 is 5.97. The molecule has 3 nitrogen and oxygen atoms in total. The van der Waals surface area contributed by atoms with Gasteiger partial charge in [0, 0.05) is 29.0 Å². The molecule has 88 valence electrons. The Morgan fingerprint density at radius 1 is 1.29 bits per heavy atom. The minimum atomic E-state index is -0.319. The fraction of sp³-hybridized carbons (Fsp3) is 0.167. The Kier molecular flexibility index (Phi) is 3.66. The molecule has 1 unspecified atom stereocenters. The van der Waals surface area contributed by atoms with Gasteiger partial charge < -0.3 is 5.73 Å². The maximum atomic E-state index is 13.1. The van der Waals surface area contributed by atoms with Gasteiger partial charge in [-0.15, -0.1) is 0 Å². The summed E-state index contributed by atoms with van der Waals surface area (Å²) in [5.74, 6) is -0.319. The van der Waals surface area contributed by atoms with Gasteiger partial charge in [-0.05, 0) is 30.2 Å². The maximum Gasteiger partial charge on any atom is 0.123 e. The van der Waals surface area contributed by atoms with Crippen molar-refractivity contribution in [2.45, 2.75) is 12.5 Å². The molecule has 1 atom stereocenters. The van der Waals surface area contributed by atoms with E-state index in [2.05, 4.69) is 9.97 Å². The molecule has 17 heavy (non-hydrogen) atoms. The standard InChI is InChI=1S/C12H11ClFN3/c13-11-2-1-10(14)3-8(11)4-12(15)9-5-16-7-17-6-9/h1-3,5-7,12H,4,15H2. The van der Waals surface area contributed by atoms with Crippen molar-refractivity contribution in [2.75, 3.05) is 0 Å². The molecule has 0 aliphatic carbocycles. The van der Waals surface area contributed by atoms with E-state index in [4.69, 9.17) is 17.3 Å². The van der Waals surface area contributed by atoms with E-state index >= 15 is 0 Å². The van der Waals surface area contributed by atoms with Crippen molar-refractivity contribution in [1.82, 2.24) is 9.97 Å². The molecule has 1 heterocycles. The van der Waals surface area contributed by atoms with Crippen LogP contribution in [0.5, 0.6) is 0 Å². The van der Waals surface area contributed by atoms with Gasteiger partial charge in [0.15, 0.2) is 0 Å². The van der Waals surface area contributed by atoms with Gasteiger partial charge in [0.2, 0.25) is 0 Å². The van der Waals surface area contributed by atoms with E-state index < -0.39 is 0 Å². The van der Waals surface area contributed by atoms with Crippen molar-refractivity contribution in [2.24, 2.45) is 5.73 Å². The Labute approximate surface area is 103 Å². The molecule has 0 bridgehead atoms. The highest BCUT2D eigenvalue weighted by Crippen LogP contribution is 2.22. The predicted octanol–water partition coefficient (Wildman–Crippen LogP) is 2.51. The van der Waals surface area contributed by atoms with E-state index in [1.165, 1.54) is 24.5 Å². The number of nitrogens with zero attached hydrogens (tertiary/aromatic N) is 2. The Morgan fingerprint density at radius 3 is 2.71 bits per heavy atom. The summed E-state index contributed by atoms with van der Waals surface area (Å²) in [6, 6.07) is 3.95. The molecule has 2 aromatic rings. The van der Waals surface area contributed by atoms with Gasteiger partial charge in [-0.3, -0.25) is 0 Å². The van der Waals surface area contributed by atoms with Gasteiger partial charge in [0.1, 0.15) is 12.1 Å². The first kappa shape index (κ1) is 12.0. The molecule has 0 radical (unpaired) electrons. The molecular formula is C12H11ClFN3. The zero-order chi connectivity index (χ0) is 12.3. The van der Waals surface area contributed by atoms with Crippen molar-refractivity contribution in [1.29, 1.82) is 0 Å². The van der Waals surface area contributed by atoms with Crippen molar-refractivity contribution in [3.63, 3.8) is 0 Å². The van der Waals surface area contributed by atoms with Gasteiger partial charge in [-0.1, -0.05) is 11.6 Å².